The molecule has 1 aliphatic carbocycles. The summed E-state index contributed by atoms with van der Waals surface area (Å²) in [5, 5.41) is 8.61. The molecule has 0 aromatic carbocycles. The van der Waals surface area contributed by atoms with Crippen molar-refractivity contribution in [2.75, 3.05) is 0 Å². The van der Waals surface area contributed by atoms with E-state index in [-0.39, 0.29) is 11.8 Å². The van der Waals surface area contributed by atoms with Gasteiger partial charge in [-0.15, -0.1) is 0 Å². The van der Waals surface area contributed by atoms with E-state index < -0.39 is 5.97 Å². The largest absolute Gasteiger partial charge is 0.481 e. The van der Waals surface area contributed by atoms with Crippen LogP contribution in [0.3, 0.4) is 0 Å². The quantitative estimate of drug-likeness (QED) is 0.678. The van der Waals surface area contributed by atoms with Gasteiger partial charge in [0.05, 0.1) is 5.92 Å². The van der Waals surface area contributed by atoms with Crippen molar-refractivity contribution in [1.29, 1.82) is 0 Å². The smallest absolute Gasteiger partial charge is 0.306 e. The molecule has 0 saturated heterocycles. The molecule has 21 heavy (non-hydrogen) atoms. The second kappa shape index (κ2) is 11.8. The molecule has 0 heterocycles. The number of hydrogen-bond donors (Lipinski definition) is 1. The monoisotopic (exact) mass is 298 g/mol. The van der Waals surface area contributed by atoms with Crippen LogP contribution in [0.1, 0.15) is 79.1 Å². The van der Waals surface area contributed by atoms with Gasteiger partial charge in [-0.05, 0) is 37.5 Å². The highest BCUT2D eigenvalue weighted by atomic mass is 16.4. The molecule has 0 bridgehead atoms. The molecule has 2 atom stereocenters. The fourth-order valence-electron chi connectivity index (χ4n) is 2.48. The number of aldehydes is 1. The number of aliphatic carboxylic acids is 1. The van der Waals surface area contributed by atoms with Crippen molar-refractivity contribution in [1.82, 2.24) is 0 Å². The van der Waals surface area contributed by atoms with Gasteiger partial charge < -0.3 is 9.90 Å². The maximum Gasteiger partial charge on any atom is 0.306 e. The van der Waals surface area contributed by atoms with E-state index in [0.717, 1.165) is 31.0 Å². The Labute approximate surface area is 130 Å². The standard InChI is InChI=1S/C10H22.C8H12O3/c1-5-9(3)7-8-10(4)6-2;9-5-6-1-3-7(4-2-6)8(10)11/h9-10H,5-8H2,1-4H3;5-7H,1-4H2,(H,10,11). The first kappa shape index (κ1) is 20.1. The Kier molecular flexibility index (Phi) is 11.3. The lowest BCUT2D eigenvalue weighted by Crippen LogP contribution is -2.21. The Morgan fingerprint density at radius 3 is 1.76 bits per heavy atom. The van der Waals surface area contributed by atoms with Crippen LogP contribution in [0.4, 0.5) is 0 Å². The lowest BCUT2D eigenvalue weighted by atomic mass is 9.83. The molecule has 124 valence electrons. The van der Waals surface area contributed by atoms with Gasteiger partial charge in [0.15, 0.2) is 0 Å². The molecule has 3 heteroatoms. The molecule has 0 spiro atoms. The topological polar surface area (TPSA) is 54.4 Å². The van der Waals surface area contributed by atoms with Gasteiger partial charge in [-0.25, -0.2) is 0 Å². The summed E-state index contributed by atoms with van der Waals surface area (Å²) >= 11 is 0. The molecule has 1 fully saturated rings. The average Bonchev–Trinajstić information content (AvgIpc) is 2.52. The van der Waals surface area contributed by atoms with Crippen LogP contribution in [0.25, 0.3) is 0 Å². The predicted octanol–water partition coefficient (Wildman–Crippen LogP) is 4.94. The van der Waals surface area contributed by atoms with Gasteiger partial charge in [-0.2, -0.15) is 0 Å². The maximum absolute atomic E-state index is 10.5. The van der Waals surface area contributed by atoms with Crippen molar-refractivity contribution in [2.45, 2.75) is 79.1 Å². The number of hydrogen-bond acceptors (Lipinski definition) is 2. The minimum atomic E-state index is -0.714. The summed E-state index contributed by atoms with van der Waals surface area (Å²) in [5.74, 6) is 1.08. The molecule has 1 saturated carbocycles. The van der Waals surface area contributed by atoms with Crippen LogP contribution in [0.2, 0.25) is 0 Å². The van der Waals surface area contributed by atoms with E-state index in [1.165, 1.54) is 25.7 Å². The second-order valence-electron chi connectivity index (χ2n) is 6.69. The second-order valence-corrected chi connectivity index (χ2v) is 6.69. The van der Waals surface area contributed by atoms with Crippen LogP contribution in [0.5, 0.6) is 0 Å². The zero-order valence-corrected chi connectivity index (χ0v) is 14.3. The fourth-order valence-corrected chi connectivity index (χ4v) is 2.48. The van der Waals surface area contributed by atoms with Gasteiger partial charge in [0.2, 0.25) is 0 Å². The van der Waals surface area contributed by atoms with Crippen molar-refractivity contribution >= 4 is 12.3 Å². The van der Waals surface area contributed by atoms with E-state index in [9.17, 15) is 9.59 Å². The van der Waals surface area contributed by atoms with Gasteiger partial charge in [-0.1, -0.05) is 53.4 Å². The summed E-state index contributed by atoms with van der Waals surface area (Å²) in [6, 6.07) is 0. The van der Waals surface area contributed by atoms with Gasteiger partial charge in [0.25, 0.3) is 0 Å². The first-order chi connectivity index (χ1) is 9.94. The molecule has 0 amide bonds. The highest BCUT2D eigenvalue weighted by Gasteiger charge is 2.25. The van der Waals surface area contributed by atoms with Crippen molar-refractivity contribution in [2.24, 2.45) is 23.7 Å². The molecular formula is C18H34O3. The van der Waals surface area contributed by atoms with Gasteiger partial charge >= 0.3 is 5.97 Å². The third kappa shape index (κ3) is 9.65. The van der Waals surface area contributed by atoms with Crippen LogP contribution < -0.4 is 0 Å². The minimum absolute atomic E-state index is 0.116. The number of rotatable bonds is 7. The van der Waals surface area contributed by atoms with Crippen LogP contribution in [-0.4, -0.2) is 17.4 Å². The maximum atomic E-state index is 10.5. The van der Waals surface area contributed by atoms with E-state index in [4.69, 9.17) is 5.11 Å². The lowest BCUT2D eigenvalue weighted by molar-refractivity contribution is -0.143. The first-order valence-corrected chi connectivity index (χ1v) is 8.62. The van der Waals surface area contributed by atoms with Gasteiger partial charge in [0.1, 0.15) is 6.29 Å². The summed E-state index contributed by atoms with van der Waals surface area (Å²) in [5.41, 5.74) is 0. The molecule has 1 aliphatic rings. The molecule has 2 unspecified atom stereocenters. The lowest BCUT2D eigenvalue weighted by Gasteiger charge is -2.21. The van der Waals surface area contributed by atoms with Gasteiger partial charge in [0, 0.05) is 5.92 Å². The van der Waals surface area contributed by atoms with Crippen molar-refractivity contribution < 1.29 is 14.7 Å². The number of carboxylic acid groups (broad SMARTS) is 1. The van der Waals surface area contributed by atoms with Crippen molar-refractivity contribution in [3.63, 3.8) is 0 Å². The van der Waals surface area contributed by atoms with Crippen molar-refractivity contribution in [3.8, 4) is 0 Å². The normalized spacial score (nSPS) is 24.4. The highest BCUT2D eigenvalue weighted by molar-refractivity contribution is 5.70. The number of carboxylic acids is 1. The van der Waals surface area contributed by atoms with Crippen molar-refractivity contribution in [3.05, 3.63) is 0 Å². The predicted molar refractivity (Wildman–Crippen MR) is 87.3 cm³/mol. The van der Waals surface area contributed by atoms with Crippen LogP contribution in [0, 0.1) is 23.7 Å². The number of carbonyl (C=O) groups is 2. The zero-order chi connectivity index (χ0) is 16.3. The van der Waals surface area contributed by atoms with E-state index in [2.05, 4.69) is 27.7 Å². The Bertz CT molecular complexity index is 270. The average molecular weight is 298 g/mol. The summed E-state index contributed by atoms with van der Waals surface area (Å²) < 4.78 is 0. The molecular weight excluding hydrogens is 264 g/mol. The summed E-state index contributed by atoms with van der Waals surface area (Å²) in [7, 11) is 0. The molecule has 3 nitrogen and oxygen atoms in total. The molecule has 0 radical (unpaired) electrons. The van der Waals surface area contributed by atoms with E-state index in [1.807, 2.05) is 0 Å². The Morgan fingerprint density at radius 2 is 1.48 bits per heavy atom. The zero-order valence-electron chi connectivity index (χ0n) is 14.3. The summed E-state index contributed by atoms with van der Waals surface area (Å²) in [6.07, 6.45) is 9.31. The highest BCUT2D eigenvalue weighted by Crippen LogP contribution is 2.27. The molecule has 1 rings (SSSR count). The Balaban J connectivity index is 0.000000384. The van der Waals surface area contributed by atoms with E-state index >= 15 is 0 Å². The summed E-state index contributed by atoms with van der Waals surface area (Å²) in [6.45, 7) is 9.26. The van der Waals surface area contributed by atoms with E-state index in [1.54, 1.807) is 0 Å². The van der Waals surface area contributed by atoms with Crippen LogP contribution >= 0.6 is 0 Å². The molecule has 0 aliphatic heterocycles. The Morgan fingerprint density at radius 1 is 1.05 bits per heavy atom. The molecule has 0 aromatic heterocycles. The third-order valence-electron chi connectivity index (χ3n) is 4.86. The SMILES string of the molecule is CCC(C)CCC(C)CC.O=CC1CCC(C(=O)O)CC1. The fraction of sp³-hybridized carbons (Fsp3) is 0.889. The van der Waals surface area contributed by atoms with Crippen LogP contribution in [-0.2, 0) is 9.59 Å². The van der Waals surface area contributed by atoms with Crippen LogP contribution in [0.15, 0.2) is 0 Å². The third-order valence-corrected chi connectivity index (χ3v) is 4.86. The Hall–Kier alpha value is -0.860. The van der Waals surface area contributed by atoms with Gasteiger partial charge in [-0.3, -0.25) is 4.79 Å². The summed E-state index contributed by atoms with van der Waals surface area (Å²) in [4.78, 5) is 20.8. The molecule has 1 N–H and O–H groups in total. The minimum Gasteiger partial charge on any atom is -0.481 e. The van der Waals surface area contributed by atoms with E-state index in [0.29, 0.717) is 12.8 Å². The first-order valence-electron chi connectivity index (χ1n) is 8.62. The molecule has 0 aromatic rings. The number of carbonyl (C=O) groups excluding carboxylic acids is 1.